The van der Waals surface area contributed by atoms with Gasteiger partial charge in [-0.1, -0.05) is 81.8 Å². The van der Waals surface area contributed by atoms with E-state index in [-0.39, 0.29) is 29.8 Å². The molecule has 12 atom stereocenters. The molecule has 1 amide bonds. The first kappa shape index (κ1) is 34.8. The lowest BCUT2D eigenvalue weighted by Crippen LogP contribution is -2.71. The molecule has 1 aliphatic heterocycles. The van der Waals surface area contributed by atoms with Crippen molar-refractivity contribution in [3.63, 3.8) is 0 Å². The highest BCUT2D eigenvalue weighted by molar-refractivity contribution is 5.95. The zero-order chi connectivity index (χ0) is 35.0. The number of fused-ring (bicyclic) bond motifs is 4. The first-order valence-electron chi connectivity index (χ1n) is 17.2. The minimum Gasteiger partial charge on any atom is -0.456 e. The third kappa shape index (κ3) is 4.99. The van der Waals surface area contributed by atoms with Gasteiger partial charge in [-0.15, -0.1) is 0 Å². The van der Waals surface area contributed by atoms with Crippen LogP contribution in [0, 0.1) is 34.0 Å². The van der Waals surface area contributed by atoms with E-state index in [1.54, 1.807) is 68.4 Å². The van der Waals surface area contributed by atoms with E-state index in [9.17, 15) is 30.0 Å². The second-order valence-electron chi connectivity index (χ2n) is 15.9. The molecular formula is C39H51NO8. The molecule has 9 nitrogen and oxygen atoms in total. The number of hydrogen-bond acceptors (Lipinski definition) is 8. The van der Waals surface area contributed by atoms with Gasteiger partial charge in [0.15, 0.2) is 6.10 Å². The van der Waals surface area contributed by atoms with E-state index in [2.05, 4.69) is 19.2 Å². The maximum Gasteiger partial charge on any atom is 0.338 e. The number of ether oxygens (including phenoxy) is 2. The molecule has 0 spiro atoms. The van der Waals surface area contributed by atoms with Crippen molar-refractivity contribution in [2.24, 2.45) is 34.0 Å². The van der Waals surface area contributed by atoms with Gasteiger partial charge in [0.05, 0.1) is 36.6 Å². The van der Waals surface area contributed by atoms with Gasteiger partial charge in [-0.3, -0.25) is 4.79 Å². The third-order valence-corrected chi connectivity index (χ3v) is 13.0. The van der Waals surface area contributed by atoms with Gasteiger partial charge in [0, 0.05) is 40.6 Å². The average Bonchev–Trinajstić information content (AvgIpc) is 3.34. The smallest absolute Gasteiger partial charge is 0.338 e. The van der Waals surface area contributed by atoms with E-state index in [4.69, 9.17) is 9.47 Å². The molecule has 1 unspecified atom stereocenters. The molecule has 3 aliphatic carbocycles. The SMILES string of the molecule is CC1=C2[C@H](C)[C@H](O)[C@@]3(C)[C@H]([C@H](C)[C@]2(C(C)(C)O)CC1OC(=O)[C@H](O)[C@@H](NC(=O)c1ccccc1)c1ccccc1)[C@]1(C)CO[C@@H]1C[C@@H]3O. The van der Waals surface area contributed by atoms with E-state index in [0.717, 1.165) is 11.1 Å². The quantitative estimate of drug-likeness (QED) is 0.218. The molecule has 1 saturated heterocycles. The zero-order valence-corrected chi connectivity index (χ0v) is 29.0. The van der Waals surface area contributed by atoms with Crippen molar-refractivity contribution in [3.05, 3.63) is 82.9 Å². The van der Waals surface area contributed by atoms with E-state index >= 15 is 0 Å². The van der Waals surface area contributed by atoms with Crippen LogP contribution < -0.4 is 5.32 Å². The van der Waals surface area contributed by atoms with Crippen LogP contribution in [0.25, 0.3) is 0 Å². The first-order chi connectivity index (χ1) is 22.5. The summed E-state index contributed by atoms with van der Waals surface area (Å²) in [5, 5.41) is 50.4. The van der Waals surface area contributed by atoms with Gasteiger partial charge >= 0.3 is 5.97 Å². The molecule has 260 valence electrons. The van der Waals surface area contributed by atoms with Crippen molar-refractivity contribution >= 4 is 11.9 Å². The Bertz CT molecular complexity index is 1570. The maximum atomic E-state index is 13.9. The topological polar surface area (TPSA) is 146 Å². The number of benzene rings is 2. The number of aliphatic hydroxyl groups excluding tert-OH is 3. The van der Waals surface area contributed by atoms with Gasteiger partial charge < -0.3 is 35.2 Å². The second-order valence-corrected chi connectivity index (χ2v) is 15.9. The van der Waals surface area contributed by atoms with Crippen LogP contribution in [0.2, 0.25) is 0 Å². The van der Waals surface area contributed by atoms with E-state index in [1.807, 2.05) is 26.8 Å². The number of hydrogen-bond donors (Lipinski definition) is 5. The third-order valence-electron chi connectivity index (χ3n) is 13.0. The molecule has 3 fully saturated rings. The molecule has 2 saturated carbocycles. The summed E-state index contributed by atoms with van der Waals surface area (Å²) in [5.41, 5.74) is -0.958. The molecule has 2 aromatic rings. The van der Waals surface area contributed by atoms with Crippen LogP contribution in [0.1, 0.15) is 83.3 Å². The summed E-state index contributed by atoms with van der Waals surface area (Å²) in [5.74, 6) is -2.30. The zero-order valence-electron chi connectivity index (χ0n) is 29.0. The summed E-state index contributed by atoms with van der Waals surface area (Å²) in [6.45, 7) is 14.1. The van der Waals surface area contributed by atoms with Crippen LogP contribution in [0.5, 0.6) is 0 Å². The minimum atomic E-state index is -1.73. The molecule has 2 aromatic carbocycles. The van der Waals surface area contributed by atoms with Crippen molar-refractivity contribution in [2.45, 2.75) is 103 Å². The number of rotatable bonds is 7. The summed E-state index contributed by atoms with van der Waals surface area (Å²) < 4.78 is 12.1. The van der Waals surface area contributed by atoms with Gasteiger partial charge in [0.1, 0.15) is 6.10 Å². The molecule has 4 aliphatic rings. The van der Waals surface area contributed by atoms with Crippen LogP contribution in [-0.4, -0.2) is 75.0 Å². The lowest BCUT2D eigenvalue weighted by Gasteiger charge is -2.66. The van der Waals surface area contributed by atoms with Gasteiger partial charge in [-0.25, -0.2) is 4.79 Å². The molecule has 48 heavy (non-hydrogen) atoms. The van der Waals surface area contributed by atoms with E-state index in [0.29, 0.717) is 24.2 Å². The summed E-state index contributed by atoms with van der Waals surface area (Å²) in [6.07, 6.45) is -3.75. The predicted molar refractivity (Wildman–Crippen MR) is 179 cm³/mol. The number of carbonyl (C=O) groups is 2. The summed E-state index contributed by atoms with van der Waals surface area (Å²) in [6, 6.07) is 16.3. The fourth-order valence-electron chi connectivity index (χ4n) is 10.6. The Balaban J connectivity index is 1.36. The van der Waals surface area contributed by atoms with Crippen molar-refractivity contribution in [3.8, 4) is 0 Å². The van der Waals surface area contributed by atoms with Crippen molar-refractivity contribution in [1.29, 1.82) is 0 Å². The molecule has 0 bridgehead atoms. The summed E-state index contributed by atoms with van der Waals surface area (Å²) in [4.78, 5) is 27.1. The lowest BCUT2D eigenvalue weighted by atomic mass is 9.44. The van der Waals surface area contributed by atoms with Gasteiger partial charge in [0.25, 0.3) is 5.91 Å². The molecule has 9 heteroatoms. The predicted octanol–water partition coefficient (Wildman–Crippen LogP) is 4.35. The normalized spacial score (nSPS) is 38.8. The molecule has 5 N–H and O–H groups in total. The van der Waals surface area contributed by atoms with Crippen LogP contribution in [-0.2, 0) is 14.3 Å². The number of carbonyl (C=O) groups excluding carboxylic acids is 2. The second kappa shape index (κ2) is 12.1. The maximum absolute atomic E-state index is 13.9. The number of amides is 1. The Labute approximate surface area is 283 Å². The Kier molecular flexibility index (Phi) is 8.73. The highest BCUT2D eigenvalue weighted by Gasteiger charge is 2.73. The van der Waals surface area contributed by atoms with Gasteiger partial charge in [-0.05, 0) is 55.9 Å². The van der Waals surface area contributed by atoms with Crippen LogP contribution in [0.4, 0.5) is 0 Å². The lowest BCUT2D eigenvalue weighted by molar-refractivity contribution is -0.308. The number of esters is 1. The van der Waals surface area contributed by atoms with Crippen molar-refractivity contribution in [2.75, 3.05) is 6.61 Å². The van der Waals surface area contributed by atoms with Crippen LogP contribution >= 0.6 is 0 Å². The fraction of sp³-hybridized carbons (Fsp3) is 0.590. The average molecular weight is 662 g/mol. The highest BCUT2D eigenvalue weighted by atomic mass is 16.6. The van der Waals surface area contributed by atoms with Crippen molar-refractivity contribution < 1.29 is 39.5 Å². The Morgan fingerprint density at radius 2 is 1.62 bits per heavy atom. The fourth-order valence-corrected chi connectivity index (χ4v) is 10.6. The standard InChI is InChI=1S/C39H51NO8/c1-21-26(48-35(45)31(42)30(24-14-10-8-11-15-24)40-34(44)25-16-12-9-13-17-25)19-39(36(4,5)46)23(3)32-37(6)20-47-28(37)18-27(41)38(32,7)33(43)22(2)29(21)39/h8-17,22-23,26-28,30-33,41-43,46H,18-20H2,1-7H3,(H,40,44)/t22-,23-,26?,27-,28+,30-,31+,32+,33-,37+,38+,39+/m0/s1. The Morgan fingerprint density at radius 3 is 2.19 bits per heavy atom. The Hall–Kier alpha value is -3.08. The molecule has 0 aromatic heterocycles. The summed E-state index contributed by atoms with van der Waals surface area (Å²) >= 11 is 0. The highest BCUT2D eigenvalue weighted by Crippen LogP contribution is 2.71. The van der Waals surface area contributed by atoms with Crippen LogP contribution in [0.3, 0.4) is 0 Å². The van der Waals surface area contributed by atoms with Crippen LogP contribution in [0.15, 0.2) is 71.8 Å². The monoisotopic (exact) mass is 661 g/mol. The first-order valence-corrected chi connectivity index (χ1v) is 17.2. The molecule has 0 radical (unpaired) electrons. The minimum absolute atomic E-state index is 0.160. The van der Waals surface area contributed by atoms with Gasteiger partial charge in [-0.2, -0.15) is 0 Å². The molecule has 6 rings (SSSR count). The largest absolute Gasteiger partial charge is 0.456 e. The molecular weight excluding hydrogens is 610 g/mol. The van der Waals surface area contributed by atoms with Crippen molar-refractivity contribution in [1.82, 2.24) is 5.32 Å². The Morgan fingerprint density at radius 1 is 1.02 bits per heavy atom. The van der Waals surface area contributed by atoms with E-state index in [1.165, 1.54) is 0 Å². The van der Waals surface area contributed by atoms with Gasteiger partial charge in [0.2, 0.25) is 0 Å². The molecule has 1 heterocycles. The number of nitrogens with one attached hydrogen (secondary N) is 1. The number of aliphatic hydroxyl groups is 4. The van der Waals surface area contributed by atoms with E-state index < -0.39 is 64.7 Å². The summed E-state index contributed by atoms with van der Waals surface area (Å²) in [7, 11) is 0.